The minimum atomic E-state index is -0.248. The maximum absolute atomic E-state index is 12.2. The third-order valence-corrected chi connectivity index (χ3v) is 4.10. The molecule has 130 valence electrons. The summed E-state index contributed by atoms with van der Waals surface area (Å²) >= 11 is 0. The highest BCUT2D eigenvalue weighted by Gasteiger charge is 2.09. The molecule has 3 aromatic rings. The Bertz CT molecular complexity index is 902. The summed E-state index contributed by atoms with van der Waals surface area (Å²) in [6.07, 6.45) is 4.58. The van der Waals surface area contributed by atoms with Crippen molar-refractivity contribution < 1.29 is 9.53 Å². The van der Waals surface area contributed by atoms with Crippen molar-refractivity contribution in [2.24, 2.45) is 7.05 Å². The predicted octanol–water partition coefficient (Wildman–Crippen LogP) is 3.25. The van der Waals surface area contributed by atoms with Crippen molar-refractivity contribution in [1.82, 2.24) is 14.9 Å². The molecule has 0 atom stereocenters. The van der Waals surface area contributed by atoms with Crippen LogP contribution in [0.5, 0.6) is 5.75 Å². The fourth-order valence-electron chi connectivity index (χ4n) is 2.89. The molecule has 2 amide bonds. The van der Waals surface area contributed by atoms with Crippen molar-refractivity contribution >= 4 is 22.8 Å². The van der Waals surface area contributed by atoms with Gasteiger partial charge in [0.1, 0.15) is 11.4 Å². The molecule has 6 nitrogen and oxygen atoms in total. The van der Waals surface area contributed by atoms with Crippen LogP contribution in [-0.4, -0.2) is 29.2 Å². The summed E-state index contributed by atoms with van der Waals surface area (Å²) in [7, 11) is 3.56. The van der Waals surface area contributed by atoms with Crippen molar-refractivity contribution in [2.75, 3.05) is 19.0 Å². The van der Waals surface area contributed by atoms with E-state index in [-0.39, 0.29) is 6.03 Å². The van der Waals surface area contributed by atoms with E-state index in [2.05, 4.69) is 27.9 Å². The van der Waals surface area contributed by atoms with Gasteiger partial charge in [-0.3, -0.25) is 0 Å². The molecule has 0 saturated heterocycles. The number of aromatic nitrogens is 2. The Labute approximate surface area is 146 Å². The molecule has 0 radical (unpaired) electrons. The fourth-order valence-corrected chi connectivity index (χ4v) is 2.89. The molecule has 0 saturated carbocycles. The first-order valence-corrected chi connectivity index (χ1v) is 8.17. The Morgan fingerprint density at radius 1 is 1.32 bits per heavy atom. The molecular weight excluding hydrogens is 316 g/mol. The summed E-state index contributed by atoms with van der Waals surface area (Å²) < 4.78 is 7.28. The molecule has 2 aromatic heterocycles. The van der Waals surface area contributed by atoms with Crippen LogP contribution in [-0.2, 0) is 13.5 Å². The summed E-state index contributed by atoms with van der Waals surface area (Å²) in [6.45, 7) is 2.51. The number of amides is 2. The molecule has 2 heterocycles. The molecule has 0 unspecified atom stereocenters. The number of carbonyl (C=O) groups is 1. The largest absolute Gasteiger partial charge is 0.495 e. The van der Waals surface area contributed by atoms with Crippen LogP contribution in [0.1, 0.15) is 11.1 Å². The topological polar surface area (TPSA) is 68.2 Å². The number of rotatable bonds is 5. The van der Waals surface area contributed by atoms with Crippen LogP contribution in [0.4, 0.5) is 10.5 Å². The lowest BCUT2D eigenvalue weighted by Crippen LogP contribution is -2.30. The highest BCUT2D eigenvalue weighted by atomic mass is 16.5. The third kappa shape index (κ3) is 3.74. The average Bonchev–Trinajstić information content (AvgIpc) is 2.92. The number of methoxy groups -OCH3 is 1. The molecule has 3 rings (SSSR count). The first-order valence-electron chi connectivity index (χ1n) is 8.17. The highest BCUT2D eigenvalue weighted by molar-refractivity contribution is 5.91. The van der Waals surface area contributed by atoms with Gasteiger partial charge in [0.25, 0.3) is 0 Å². The first kappa shape index (κ1) is 16.8. The van der Waals surface area contributed by atoms with E-state index in [4.69, 9.17) is 4.74 Å². The van der Waals surface area contributed by atoms with Gasteiger partial charge in [-0.2, -0.15) is 0 Å². The number of hydrogen-bond acceptors (Lipinski definition) is 3. The fraction of sp³-hybridized carbons (Fsp3) is 0.263. The zero-order chi connectivity index (χ0) is 17.8. The standard InChI is InChI=1S/C19H22N4O2/c1-13-6-7-17(25-3)16(11-13)22-19(24)21-10-8-14-12-23(2)18-15(14)5-4-9-20-18/h4-7,9,11-12H,8,10H2,1-3H3,(H2,21,22,24). The van der Waals surface area contributed by atoms with E-state index < -0.39 is 0 Å². The smallest absolute Gasteiger partial charge is 0.319 e. The number of nitrogens with one attached hydrogen (secondary N) is 2. The van der Waals surface area contributed by atoms with Crippen LogP contribution in [0.25, 0.3) is 11.0 Å². The van der Waals surface area contributed by atoms with Gasteiger partial charge in [-0.05, 0) is 48.7 Å². The molecule has 0 bridgehead atoms. The van der Waals surface area contributed by atoms with Gasteiger partial charge in [0.05, 0.1) is 12.8 Å². The van der Waals surface area contributed by atoms with E-state index in [1.54, 1.807) is 13.3 Å². The zero-order valence-electron chi connectivity index (χ0n) is 14.7. The number of fused-ring (bicyclic) bond motifs is 1. The van der Waals surface area contributed by atoms with E-state index in [0.29, 0.717) is 18.0 Å². The Morgan fingerprint density at radius 2 is 2.16 bits per heavy atom. The van der Waals surface area contributed by atoms with Gasteiger partial charge in [-0.25, -0.2) is 9.78 Å². The SMILES string of the molecule is COc1ccc(C)cc1NC(=O)NCCc1cn(C)c2ncccc12. The second kappa shape index (κ2) is 7.25. The van der Waals surface area contributed by atoms with Crippen molar-refractivity contribution in [3.63, 3.8) is 0 Å². The van der Waals surface area contributed by atoms with Gasteiger partial charge < -0.3 is 19.9 Å². The third-order valence-electron chi connectivity index (χ3n) is 4.10. The van der Waals surface area contributed by atoms with E-state index in [1.807, 2.05) is 42.8 Å². The molecule has 0 fully saturated rings. The molecule has 0 spiro atoms. The van der Waals surface area contributed by atoms with Crippen LogP contribution < -0.4 is 15.4 Å². The van der Waals surface area contributed by atoms with Gasteiger partial charge in [0.2, 0.25) is 0 Å². The normalized spacial score (nSPS) is 10.7. The molecule has 0 aliphatic carbocycles. The number of aryl methyl sites for hydroxylation is 2. The summed E-state index contributed by atoms with van der Waals surface area (Å²) in [5.41, 5.74) is 3.83. The van der Waals surface area contributed by atoms with Crippen LogP contribution in [0.15, 0.2) is 42.7 Å². The number of anilines is 1. The number of carbonyl (C=O) groups excluding carboxylic acids is 1. The molecule has 0 aliphatic heterocycles. The number of pyridine rings is 1. The van der Waals surface area contributed by atoms with E-state index in [1.165, 1.54) is 5.56 Å². The van der Waals surface area contributed by atoms with E-state index in [0.717, 1.165) is 23.0 Å². The van der Waals surface area contributed by atoms with Crippen LogP contribution in [0.2, 0.25) is 0 Å². The monoisotopic (exact) mass is 338 g/mol. The second-order valence-corrected chi connectivity index (χ2v) is 5.97. The summed E-state index contributed by atoms with van der Waals surface area (Å²) in [4.78, 5) is 16.5. The summed E-state index contributed by atoms with van der Waals surface area (Å²) in [6, 6.07) is 9.40. The van der Waals surface area contributed by atoms with E-state index >= 15 is 0 Å². The van der Waals surface area contributed by atoms with Crippen LogP contribution in [0, 0.1) is 6.92 Å². The average molecular weight is 338 g/mol. The summed E-state index contributed by atoms with van der Waals surface area (Å²) in [5, 5.41) is 6.85. The number of urea groups is 1. The molecule has 2 N–H and O–H groups in total. The predicted molar refractivity (Wildman–Crippen MR) is 99.2 cm³/mol. The van der Waals surface area contributed by atoms with Crippen molar-refractivity contribution in [3.8, 4) is 5.75 Å². The Kier molecular flexibility index (Phi) is 4.88. The van der Waals surface area contributed by atoms with Crippen molar-refractivity contribution in [3.05, 3.63) is 53.9 Å². The van der Waals surface area contributed by atoms with Crippen LogP contribution >= 0.6 is 0 Å². The van der Waals surface area contributed by atoms with E-state index in [9.17, 15) is 4.79 Å². The molecule has 6 heteroatoms. The summed E-state index contributed by atoms with van der Waals surface area (Å²) in [5.74, 6) is 0.640. The number of benzene rings is 1. The van der Waals surface area contributed by atoms with Gasteiger partial charge in [-0.1, -0.05) is 6.07 Å². The van der Waals surface area contributed by atoms with Gasteiger partial charge in [-0.15, -0.1) is 0 Å². The van der Waals surface area contributed by atoms with Gasteiger partial charge in [0.15, 0.2) is 0 Å². The molecular formula is C19H22N4O2. The Morgan fingerprint density at radius 3 is 2.96 bits per heavy atom. The quantitative estimate of drug-likeness (QED) is 0.750. The maximum Gasteiger partial charge on any atom is 0.319 e. The number of ether oxygens (including phenoxy) is 1. The van der Waals surface area contributed by atoms with Crippen LogP contribution in [0.3, 0.4) is 0 Å². The Balaban J connectivity index is 1.60. The zero-order valence-corrected chi connectivity index (χ0v) is 14.7. The molecule has 0 aliphatic rings. The Hall–Kier alpha value is -3.02. The minimum Gasteiger partial charge on any atom is -0.495 e. The molecule has 1 aromatic carbocycles. The highest BCUT2D eigenvalue weighted by Crippen LogP contribution is 2.25. The maximum atomic E-state index is 12.2. The lowest BCUT2D eigenvalue weighted by molar-refractivity contribution is 0.252. The van der Waals surface area contributed by atoms with Gasteiger partial charge >= 0.3 is 6.03 Å². The van der Waals surface area contributed by atoms with Crippen molar-refractivity contribution in [2.45, 2.75) is 13.3 Å². The lowest BCUT2D eigenvalue weighted by atomic mass is 10.1. The first-order chi connectivity index (χ1) is 12.1. The number of hydrogen-bond donors (Lipinski definition) is 2. The second-order valence-electron chi connectivity index (χ2n) is 5.97. The van der Waals surface area contributed by atoms with Gasteiger partial charge in [0, 0.05) is 31.4 Å². The minimum absolute atomic E-state index is 0.248. The van der Waals surface area contributed by atoms with Crippen molar-refractivity contribution in [1.29, 1.82) is 0 Å². The number of nitrogens with zero attached hydrogens (tertiary/aromatic N) is 2. The molecule has 25 heavy (non-hydrogen) atoms. The lowest BCUT2D eigenvalue weighted by Gasteiger charge is -2.11.